The van der Waals surface area contributed by atoms with E-state index in [1.807, 2.05) is 0 Å². The summed E-state index contributed by atoms with van der Waals surface area (Å²) in [4.78, 5) is 2.54. The molecule has 2 aliphatic carbocycles. The van der Waals surface area contributed by atoms with E-state index in [0.29, 0.717) is 0 Å². The molecule has 2 heteroatoms. The highest BCUT2D eigenvalue weighted by Crippen LogP contribution is 2.64. The van der Waals surface area contributed by atoms with Crippen LogP contribution in [0, 0.1) is 0 Å². The maximum atomic E-state index is 2.54. The Labute approximate surface area is 321 Å². The molecule has 0 saturated carbocycles. The van der Waals surface area contributed by atoms with Gasteiger partial charge in [0.15, 0.2) is 0 Å². The van der Waals surface area contributed by atoms with Crippen molar-refractivity contribution in [2.24, 2.45) is 0 Å². The smallest absolute Gasteiger partial charge is 0.0541 e. The standard InChI is InChI=1S/C53H38N2/c1-52(2)43-18-8-4-14-38(43)42-31-46-50(32-45(42)52)55(49-22-12-17-41-37-13-5-9-19-44(37)53(46,3)51(41)49)36-29-25-34(26-30-36)33-23-27-35(28-24-33)54-47-20-10-6-15-39(47)40-16-7-11-21-48(40)54/h4-32H,1-3H3. The topological polar surface area (TPSA) is 8.17 Å². The van der Waals surface area contributed by atoms with Gasteiger partial charge in [0.1, 0.15) is 0 Å². The maximum Gasteiger partial charge on any atom is 0.0541 e. The van der Waals surface area contributed by atoms with E-state index in [9.17, 15) is 0 Å². The van der Waals surface area contributed by atoms with Gasteiger partial charge in [0.05, 0.1) is 22.4 Å². The average Bonchev–Trinajstić information content (AvgIpc) is 3.79. The van der Waals surface area contributed by atoms with Gasteiger partial charge in [0, 0.05) is 33.0 Å². The molecular formula is C53H38N2. The van der Waals surface area contributed by atoms with Gasteiger partial charge >= 0.3 is 0 Å². The first-order valence-corrected chi connectivity index (χ1v) is 19.4. The summed E-state index contributed by atoms with van der Waals surface area (Å²) in [6.07, 6.45) is 0. The number of anilines is 3. The first-order valence-electron chi connectivity index (χ1n) is 19.4. The fourth-order valence-electron chi connectivity index (χ4n) is 10.6. The third kappa shape index (κ3) is 3.94. The van der Waals surface area contributed by atoms with Crippen molar-refractivity contribution in [3.8, 4) is 39.1 Å². The molecule has 0 fully saturated rings. The van der Waals surface area contributed by atoms with Crippen LogP contribution in [0.4, 0.5) is 17.1 Å². The Kier molecular flexibility index (Phi) is 6.01. The molecule has 2 heterocycles. The van der Waals surface area contributed by atoms with Crippen molar-refractivity contribution in [1.82, 2.24) is 4.57 Å². The largest absolute Gasteiger partial charge is 0.310 e. The minimum absolute atomic E-state index is 0.0987. The van der Waals surface area contributed by atoms with Crippen molar-refractivity contribution in [2.75, 3.05) is 4.90 Å². The maximum absolute atomic E-state index is 2.54. The van der Waals surface area contributed by atoms with Crippen LogP contribution in [0.5, 0.6) is 0 Å². The van der Waals surface area contributed by atoms with Gasteiger partial charge in [-0.25, -0.2) is 0 Å². The Hall–Kier alpha value is -6.64. The molecule has 0 N–H and O–H groups in total. The van der Waals surface area contributed by atoms with Gasteiger partial charge in [0.2, 0.25) is 0 Å². The Morgan fingerprint density at radius 2 is 0.927 bits per heavy atom. The number of hydrogen-bond acceptors (Lipinski definition) is 1. The molecule has 12 rings (SSSR count). The van der Waals surface area contributed by atoms with Gasteiger partial charge in [-0.3, -0.25) is 0 Å². The summed E-state index contributed by atoms with van der Waals surface area (Å²) in [5.74, 6) is 0. The zero-order chi connectivity index (χ0) is 36.6. The molecule has 0 spiro atoms. The van der Waals surface area contributed by atoms with Crippen LogP contribution in [0.1, 0.15) is 48.6 Å². The lowest BCUT2D eigenvalue weighted by Gasteiger charge is -2.43. The van der Waals surface area contributed by atoms with Gasteiger partial charge in [-0.05, 0) is 123 Å². The van der Waals surface area contributed by atoms with Crippen molar-refractivity contribution in [3.05, 3.63) is 204 Å². The lowest BCUT2D eigenvalue weighted by Crippen LogP contribution is -2.32. The predicted octanol–water partition coefficient (Wildman–Crippen LogP) is 13.9. The Morgan fingerprint density at radius 3 is 1.60 bits per heavy atom. The lowest BCUT2D eigenvalue weighted by atomic mass is 9.69. The molecule has 0 saturated heterocycles. The first kappa shape index (κ1) is 30.8. The van der Waals surface area contributed by atoms with Crippen LogP contribution in [0.2, 0.25) is 0 Å². The van der Waals surface area contributed by atoms with Crippen LogP contribution >= 0.6 is 0 Å². The van der Waals surface area contributed by atoms with Gasteiger partial charge in [-0.1, -0.05) is 135 Å². The number of benzene rings is 8. The summed E-state index contributed by atoms with van der Waals surface area (Å²) in [5, 5.41) is 2.56. The van der Waals surface area contributed by atoms with E-state index < -0.39 is 0 Å². The van der Waals surface area contributed by atoms with Crippen molar-refractivity contribution >= 4 is 38.9 Å². The van der Waals surface area contributed by atoms with Crippen LogP contribution < -0.4 is 4.90 Å². The van der Waals surface area contributed by atoms with Crippen molar-refractivity contribution in [2.45, 2.75) is 31.6 Å². The summed E-state index contributed by atoms with van der Waals surface area (Å²) < 4.78 is 2.38. The highest BCUT2D eigenvalue weighted by atomic mass is 15.2. The molecule has 0 bridgehead atoms. The van der Waals surface area contributed by atoms with Crippen LogP contribution in [0.15, 0.2) is 176 Å². The van der Waals surface area contributed by atoms with E-state index >= 15 is 0 Å². The number of rotatable bonds is 3. The summed E-state index contributed by atoms with van der Waals surface area (Å²) in [7, 11) is 0. The van der Waals surface area contributed by atoms with E-state index in [0.717, 1.165) is 0 Å². The van der Waals surface area contributed by atoms with Gasteiger partial charge in [0.25, 0.3) is 0 Å². The molecule has 0 amide bonds. The number of fused-ring (bicyclic) bond motifs is 11. The van der Waals surface area contributed by atoms with E-state index in [2.05, 4.69) is 206 Å². The van der Waals surface area contributed by atoms with E-state index in [-0.39, 0.29) is 10.8 Å². The molecule has 8 aromatic carbocycles. The molecule has 1 atom stereocenters. The Bertz CT molecular complexity index is 3020. The van der Waals surface area contributed by atoms with Gasteiger partial charge in [-0.15, -0.1) is 0 Å². The van der Waals surface area contributed by atoms with Crippen LogP contribution in [-0.2, 0) is 10.8 Å². The highest BCUT2D eigenvalue weighted by Gasteiger charge is 2.49. The number of aromatic nitrogens is 1. The molecule has 55 heavy (non-hydrogen) atoms. The third-order valence-corrected chi connectivity index (χ3v) is 13.2. The summed E-state index contributed by atoms with van der Waals surface area (Å²) in [6.45, 7) is 7.23. The first-order chi connectivity index (χ1) is 26.9. The van der Waals surface area contributed by atoms with Gasteiger partial charge in [-0.2, -0.15) is 0 Å². The number of nitrogens with zero attached hydrogens (tertiary/aromatic N) is 2. The molecule has 1 unspecified atom stereocenters. The van der Waals surface area contributed by atoms with Gasteiger partial charge < -0.3 is 9.47 Å². The van der Waals surface area contributed by atoms with Crippen molar-refractivity contribution < 1.29 is 0 Å². The molecule has 1 aromatic heterocycles. The van der Waals surface area contributed by atoms with Crippen LogP contribution in [0.25, 0.3) is 60.9 Å². The molecule has 3 aliphatic rings. The molecule has 9 aromatic rings. The van der Waals surface area contributed by atoms with Crippen molar-refractivity contribution in [3.63, 3.8) is 0 Å². The highest BCUT2D eigenvalue weighted by molar-refractivity contribution is 6.09. The minimum Gasteiger partial charge on any atom is -0.310 e. The third-order valence-electron chi connectivity index (χ3n) is 13.2. The van der Waals surface area contributed by atoms with Crippen LogP contribution in [0.3, 0.4) is 0 Å². The van der Waals surface area contributed by atoms with E-state index in [1.54, 1.807) is 0 Å². The molecule has 0 radical (unpaired) electrons. The monoisotopic (exact) mass is 702 g/mol. The average molecular weight is 703 g/mol. The van der Waals surface area contributed by atoms with Crippen molar-refractivity contribution in [1.29, 1.82) is 0 Å². The quantitative estimate of drug-likeness (QED) is 0.178. The second kappa shape index (κ2) is 10.7. The molecule has 260 valence electrons. The fraction of sp³-hybridized carbons (Fsp3) is 0.0943. The molecular weight excluding hydrogens is 665 g/mol. The predicted molar refractivity (Wildman–Crippen MR) is 229 cm³/mol. The lowest BCUT2D eigenvalue weighted by molar-refractivity contribution is 0.656. The number of para-hydroxylation sites is 2. The van der Waals surface area contributed by atoms with E-state index in [4.69, 9.17) is 0 Å². The Balaban J connectivity index is 1.000. The summed E-state index contributed by atoms with van der Waals surface area (Å²) in [6, 6.07) is 65.7. The van der Waals surface area contributed by atoms with Crippen LogP contribution in [-0.4, -0.2) is 4.57 Å². The fourth-order valence-corrected chi connectivity index (χ4v) is 10.6. The minimum atomic E-state index is -0.275. The van der Waals surface area contributed by atoms with E-state index in [1.165, 1.54) is 106 Å². The second-order valence-corrected chi connectivity index (χ2v) is 16.3. The molecule has 1 aliphatic heterocycles. The summed E-state index contributed by atoms with van der Waals surface area (Å²) in [5.41, 5.74) is 21.7. The molecule has 2 nitrogen and oxygen atoms in total. The SMILES string of the molecule is CC1(C)c2ccccc2-c2cc3c(cc21)N(c1ccc(-c2ccc(-n4c5ccccc5c5ccccc54)cc2)cc1)c1cccc2c1C3(C)c1ccccc1-2. The zero-order valence-electron chi connectivity index (χ0n) is 31.1. The zero-order valence-corrected chi connectivity index (χ0v) is 31.1. The summed E-state index contributed by atoms with van der Waals surface area (Å²) >= 11 is 0. The Morgan fingerprint density at radius 1 is 0.382 bits per heavy atom. The normalized spacial score (nSPS) is 16.8. The second-order valence-electron chi connectivity index (χ2n) is 16.3. The number of hydrogen-bond donors (Lipinski definition) is 0.